The van der Waals surface area contributed by atoms with E-state index in [-0.39, 0.29) is 21.9 Å². The molecule has 194 valence electrons. The van der Waals surface area contributed by atoms with Gasteiger partial charge in [-0.1, -0.05) is 29.8 Å². The van der Waals surface area contributed by atoms with Crippen LogP contribution in [-0.4, -0.2) is 43.1 Å². The number of aromatic nitrogens is 1. The van der Waals surface area contributed by atoms with Crippen molar-refractivity contribution >= 4 is 45.6 Å². The van der Waals surface area contributed by atoms with Crippen molar-refractivity contribution in [1.29, 1.82) is 0 Å². The molecule has 1 fully saturated rings. The number of rotatable bonds is 6. The summed E-state index contributed by atoms with van der Waals surface area (Å²) in [5, 5.41) is 12.7. The van der Waals surface area contributed by atoms with Crippen LogP contribution in [0.25, 0.3) is 16.7 Å². The van der Waals surface area contributed by atoms with Crippen molar-refractivity contribution in [3.8, 4) is 17.2 Å². The average Bonchev–Trinajstić information content (AvgIpc) is 3.39. The number of aromatic amines is 1. The minimum atomic E-state index is -0.940. The quantitative estimate of drug-likeness (QED) is 0.185. The van der Waals surface area contributed by atoms with Gasteiger partial charge in [0.1, 0.15) is 23.0 Å². The van der Waals surface area contributed by atoms with Gasteiger partial charge in [-0.2, -0.15) is 0 Å². The van der Waals surface area contributed by atoms with Crippen LogP contribution in [0.4, 0.5) is 5.69 Å². The predicted octanol–water partition coefficient (Wildman–Crippen LogP) is 5.78. The van der Waals surface area contributed by atoms with Crippen molar-refractivity contribution < 1.29 is 28.9 Å². The van der Waals surface area contributed by atoms with Crippen molar-refractivity contribution in [3.05, 3.63) is 88.1 Å². The summed E-state index contributed by atoms with van der Waals surface area (Å²) >= 11 is 6.37. The van der Waals surface area contributed by atoms with Gasteiger partial charge in [-0.15, -0.1) is 0 Å². The largest absolute Gasteiger partial charge is 0.507 e. The third-order valence-corrected chi connectivity index (χ3v) is 7.04. The van der Waals surface area contributed by atoms with Gasteiger partial charge in [-0.3, -0.25) is 14.5 Å². The van der Waals surface area contributed by atoms with Crippen LogP contribution >= 0.6 is 11.6 Å². The number of H-pyrrole nitrogens is 1. The first-order chi connectivity index (χ1) is 18.3. The number of anilines is 1. The predicted molar refractivity (Wildman–Crippen MR) is 145 cm³/mol. The Hall–Kier alpha value is -4.43. The molecule has 2 N–H and O–H groups in total. The van der Waals surface area contributed by atoms with Gasteiger partial charge < -0.3 is 24.3 Å². The summed E-state index contributed by atoms with van der Waals surface area (Å²) < 4.78 is 16.0. The number of amides is 1. The first kappa shape index (κ1) is 25.2. The van der Waals surface area contributed by atoms with Crippen molar-refractivity contribution in [2.45, 2.75) is 13.0 Å². The molecule has 1 aliphatic rings. The van der Waals surface area contributed by atoms with E-state index in [0.29, 0.717) is 22.7 Å². The van der Waals surface area contributed by atoms with Crippen LogP contribution in [0.3, 0.4) is 0 Å². The van der Waals surface area contributed by atoms with E-state index in [1.54, 1.807) is 31.4 Å². The highest BCUT2D eigenvalue weighted by atomic mass is 35.5. The Bertz CT molecular complexity index is 1610. The molecule has 1 saturated heterocycles. The number of nitrogens with zero attached hydrogens (tertiary/aromatic N) is 1. The van der Waals surface area contributed by atoms with E-state index in [9.17, 15) is 14.7 Å². The molecule has 1 unspecified atom stereocenters. The number of carbonyl (C=O) groups is 2. The average molecular weight is 533 g/mol. The molecule has 1 aromatic heterocycles. The zero-order chi connectivity index (χ0) is 27.1. The number of para-hydroxylation sites is 1. The van der Waals surface area contributed by atoms with Crippen LogP contribution in [0.15, 0.2) is 66.2 Å². The fourth-order valence-electron chi connectivity index (χ4n) is 4.96. The molecular formula is C29H25ClN2O6. The Morgan fingerprint density at radius 1 is 0.947 bits per heavy atom. The highest BCUT2D eigenvalue weighted by Gasteiger charge is 2.48. The SMILES string of the molecule is COc1ccc(N2C(=O)C(=O)/C(=C(/O)c3cc(Cl)c(OC)cc3OC)C2c2c(C)[nH]c3ccccc23)cc1. The van der Waals surface area contributed by atoms with Gasteiger partial charge in [0.05, 0.1) is 43.5 Å². The molecule has 0 bridgehead atoms. The molecular weight excluding hydrogens is 508 g/mol. The lowest BCUT2D eigenvalue weighted by atomic mass is 9.93. The number of benzene rings is 3. The van der Waals surface area contributed by atoms with Gasteiger partial charge in [-0.05, 0) is 43.3 Å². The molecule has 1 atom stereocenters. The number of ether oxygens (including phenoxy) is 3. The maximum absolute atomic E-state index is 13.6. The van der Waals surface area contributed by atoms with Crippen molar-refractivity contribution in [3.63, 3.8) is 0 Å². The summed E-state index contributed by atoms with van der Waals surface area (Å²) in [5.41, 5.74) is 2.83. The van der Waals surface area contributed by atoms with Crippen LogP contribution < -0.4 is 19.1 Å². The second kappa shape index (κ2) is 9.79. The zero-order valence-electron chi connectivity index (χ0n) is 21.2. The topological polar surface area (TPSA) is 101 Å². The summed E-state index contributed by atoms with van der Waals surface area (Å²) in [6, 6.07) is 16.4. The number of fused-ring (bicyclic) bond motifs is 1. The molecule has 4 aromatic rings. The Labute approximate surface area is 224 Å². The monoisotopic (exact) mass is 532 g/mol. The highest BCUT2D eigenvalue weighted by molar-refractivity contribution is 6.52. The summed E-state index contributed by atoms with van der Waals surface area (Å²) in [6.07, 6.45) is 0. The van der Waals surface area contributed by atoms with E-state index in [4.69, 9.17) is 25.8 Å². The number of carbonyl (C=O) groups excluding carboxylic acids is 2. The summed E-state index contributed by atoms with van der Waals surface area (Å²) in [6.45, 7) is 1.87. The molecule has 2 heterocycles. The smallest absolute Gasteiger partial charge is 0.300 e. The fraction of sp³-hybridized carbons (Fsp3) is 0.172. The molecule has 3 aromatic carbocycles. The molecule has 9 heteroatoms. The molecule has 0 aliphatic carbocycles. The van der Waals surface area contributed by atoms with E-state index in [1.165, 1.54) is 31.3 Å². The number of nitrogens with one attached hydrogen (secondary N) is 1. The van der Waals surface area contributed by atoms with Crippen molar-refractivity contribution in [2.24, 2.45) is 0 Å². The summed E-state index contributed by atoms with van der Waals surface area (Å²) in [5.74, 6) is -0.846. The van der Waals surface area contributed by atoms with Crippen LogP contribution in [0, 0.1) is 6.92 Å². The minimum absolute atomic E-state index is 0.0850. The number of methoxy groups -OCH3 is 3. The fourth-order valence-corrected chi connectivity index (χ4v) is 5.20. The third-order valence-electron chi connectivity index (χ3n) is 6.74. The Morgan fingerprint density at radius 3 is 2.29 bits per heavy atom. The maximum atomic E-state index is 13.6. The standard InChI is InChI=1S/C29H25ClN2O6/c1-15-24(18-7-5-6-8-21(18)31-15)26-25(27(33)19-13-20(30)23(38-4)14-22(19)37-3)28(34)29(35)32(26)16-9-11-17(36-2)12-10-16/h5-14,26,31,33H,1-4H3/b27-25+. The van der Waals surface area contributed by atoms with Crippen LogP contribution in [0.1, 0.15) is 22.9 Å². The molecule has 8 nitrogen and oxygen atoms in total. The second-order valence-corrected chi connectivity index (χ2v) is 9.17. The number of aliphatic hydroxyl groups is 1. The first-order valence-electron chi connectivity index (χ1n) is 11.7. The number of halogens is 1. The van der Waals surface area contributed by atoms with Crippen LogP contribution in [-0.2, 0) is 9.59 Å². The van der Waals surface area contributed by atoms with Gasteiger partial charge in [-0.25, -0.2) is 0 Å². The summed E-state index contributed by atoms with van der Waals surface area (Å²) in [7, 11) is 4.43. The summed E-state index contributed by atoms with van der Waals surface area (Å²) in [4.78, 5) is 32.0. The van der Waals surface area contributed by atoms with E-state index < -0.39 is 23.5 Å². The lowest BCUT2D eigenvalue weighted by molar-refractivity contribution is -0.132. The van der Waals surface area contributed by atoms with Gasteiger partial charge in [0.15, 0.2) is 0 Å². The lowest BCUT2D eigenvalue weighted by Gasteiger charge is -2.26. The van der Waals surface area contributed by atoms with Gasteiger partial charge in [0.2, 0.25) is 0 Å². The van der Waals surface area contributed by atoms with E-state index in [1.807, 2.05) is 31.2 Å². The Kier molecular flexibility index (Phi) is 6.50. The van der Waals surface area contributed by atoms with Gasteiger partial charge in [0, 0.05) is 33.9 Å². The first-order valence-corrected chi connectivity index (χ1v) is 12.1. The van der Waals surface area contributed by atoms with Crippen LogP contribution in [0.2, 0.25) is 5.02 Å². The molecule has 0 radical (unpaired) electrons. The molecule has 1 amide bonds. The van der Waals surface area contributed by atoms with Gasteiger partial charge >= 0.3 is 0 Å². The van der Waals surface area contributed by atoms with Gasteiger partial charge in [0.25, 0.3) is 11.7 Å². The number of aryl methyl sites for hydroxylation is 1. The molecule has 38 heavy (non-hydrogen) atoms. The van der Waals surface area contributed by atoms with Crippen molar-refractivity contribution in [1.82, 2.24) is 4.98 Å². The number of aliphatic hydroxyl groups excluding tert-OH is 1. The minimum Gasteiger partial charge on any atom is -0.507 e. The molecule has 1 aliphatic heterocycles. The molecule has 0 saturated carbocycles. The highest BCUT2D eigenvalue weighted by Crippen LogP contribution is 2.47. The van der Waals surface area contributed by atoms with E-state index in [2.05, 4.69) is 4.98 Å². The Morgan fingerprint density at radius 2 is 1.63 bits per heavy atom. The Balaban J connectivity index is 1.82. The number of hydrogen-bond acceptors (Lipinski definition) is 6. The van der Waals surface area contributed by atoms with Crippen LogP contribution in [0.5, 0.6) is 17.2 Å². The zero-order valence-corrected chi connectivity index (χ0v) is 21.9. The molecule has 5 rings (SSSR count). The van der Waals surface area contributed by atoms with E-state index >= 15 is 0 Å². The third kappa shape index (κ3) is 3.94. The number of Topliss-reactive ketones (excluding diaryl/α,β-unsaturated/α-hetero) is 1. The van der Waals surface area contributed by atoms with E-state index in [0.717, 1.165) is 16.6 Å². The lowest BCUT2D eigenvalue weighted by Crippen LogP contribution is -2.29. The normalized spacial score (nSPS) is 16.8. The second-order valence-electron chi connectivity index (χ2n) is 8.76. The number of hydrogen-bond donors (Lipinski definition) is 2. The maximum Gasteiger partial charge on any atom is 0.300 e. The molecule has 0 spiro atoms. The number of ketones is 1. The van der Waals surface area contributed by atoms with Crippen molar-refractivity contribution in [2.75, 3.05) is 26.2 Å².